The Hall–Kier alpha value is -0.0800. The van der Waals surface area contributed by atoms with Crippen molar-refractivity contribution in [1.29, 1.82) is 0 Å². The van der Waals surface area contributed by atoms with Gasteiger partial charge in [-0.25, -0.2) is 0 Å². The van der Waals surface area contributed by atoms with Gasteiger partial charge in [0.05, 0.1) is 0 Å². The molecule has 2 heteroatoms. The van der Waals surface area contributed by atoms with E-state index in [9.17, 15) is 0 Å². The molecule has 0 spiro atoms. The maximum atomic E-state index is 5.80. The summed E-state index contributed by atoms with van der Waals surface area (Å²) in [5.74, 6) is 0.816. The minimum Gasteiger partial charge on any atom is -0.330 e. The maximum absolute atomic E-state index is 5.80. The Morgan fingerprint density at radius 3 is 2.33 bits per heavy atom. The van der Waals surface area contributed by atoms with Crippen LogP contribution in [0.25, 0.3) is 0 Å². The summed E-state index contributed by atoms with van der Waals surface area (Å²) in [4.78, 5) is 0. The smallest absolute Gasteiger partial charge is 0.00174 e. The standard InChI is InChI=1S/C13H28N2/c1-5-12(4,8-14)9-15-10-13(6-7-13)11(2)3/h11,15H,5-10,14H2,1-4H3. The molecule has 15 heavy (non-hydrogen) atoms. The predicted molar refractivity (Wildman–Crippen MR) is 66.8 cm³/mol. The second-order valence-corrected chi connectivity index (χ2v) is 5.99. The highest BCUT2D eigenvalue weighted by atomic mass is 14.9. The highest BCUT2D eigenvalue weighted by Gasteiger charge is 2.44. The first-order chi connectivity index (χ1) is 6.98. The largest absolute Gasteiger partial charge is 0.330 e. The summed E-state index contributed by atoms with van der Waals surface area (Å²) in [6.07, 6.45) is 3.97. The number of hydrogen-bond donors (Lipinski definition) is 2. The summed E-state index contributed by atoms with van der Waals surface area (Å²) in [6.45, 7) is 12.2. The molecule has 1 aliphatic carbocycles. The molecule has 0 aromatic carbocycles. The molecule has 0 bridgehead atoms. The van der Waals surface area contributed by atoms with Crippen LogP contribution in [0.1, 0.15) is 47.0 Å². The van der Waals surface area contributed by atoms with Gasteiger partial charge >= 0.3 is 0 Å². The first-order valence-electron chi connectivity index (χ1n) is 6.39. The van der Waals surface area contributed by atoms with Crippen molar-refractivity contribution in [3.05, 3.63) is 0 Å². The summed E-state index contributed by atoms with van der Waals surface area (Å²) < 4.78 is 0. The second-order valence-electron chi connectivity index (χ2n) is 5.99. The second kappa shape index (κ2) is 4.84. The van der Waals surface area contributed by atoms with Crippen LogP contribution in [0.2, 0.25) is 0 Å². The van der Waals surface area contributed by atoms with E-state index in [1.807, 2.05) is 0 Å². The zero-order chi connectivity index (χ0) is 11.5. The lowest BCUT2D eigenvalue weighted by molar-refractivity contribution is 0.270. The molecule has 1 aliphatic rings. The van der Waals surface area contributed by atoms with Crippen molar-refractivity contribution < 1.29 is 0 Å². The lowest BCUT2D eigenvalue weighted by Gasteiger charge is -2.29. The van der Waals surface area contributed by atoms with E-state index >= 15 is 0 Å². The van der Waals surface area contributed by atoms with Gasteiger partial charge in [-0.15, -0.1) is 0 Å². The van der Waals surface area contributed by atoms with E-state index in [-0.39, 0.29) is 5.41 Å². The van der Waals surface area contributed by atoms with E-state index in [0.717, 1.165) is 25.4 Å². The predicted octanol–water partition coefficient (Wildman–Crippen LogP) is 2.39. The first-order valence-corrected chi connectivity index (χ1v) is 6.39. The molecule has 90 valence electrons. The average molecular weight is 212 g/mol. The Morgan fingerprint density at radius 2 is 2.00 bits per heavy atom. The van der Waals surface area contributed by atoms with E-state index in [0.29, 0.717) is 5.41 Å². The van der Waals surface area contributed by atoms with Gasteiger partial charge in [-0.2, -0.15) is 0 Å². The molecule has 0 aromatic heterocycles. The summed E-state index contributed by atoms with van der Waals surface area (Å²) in [7, 11) is 0. The highest BCUT2D eigenvalue weighted by Crippen LogP contribution is 2.51. The van der Waals surface area contributed by atoms with Crippen molar-refractivity contribution in [3.8, 4) is 0 Å². The van der Waals surface area contributed by atoms with Gasteiger partial charge in [0.15, 0.2) is 0 Å². The molecular weight excluding hydrogens is 184 g/mol. The number of nitrogens with two attached hydrogens (primary N) is 1. The van der Waals surface area contributed by atoms with Gasteiger partial charge in [0.2, 0.25) is 0 Å². The normalized spacial score (nSPS) is 22.8. The van der Waals surface area contributed by atoms with Crippen LogP contribution in [-0.4, -0.2) is 19.6 Å². The molecule has 1 rings (SSSR count). The molecule has 0 aromatic rings. The van der Waals surface area contributed by atoms with Crippen LogP contribution in [0, 0.1) is 16.7 Å². The molecule has 2 nitrogen and oxygen atoms in total. The van der Waals surface area contributed by atoms with Crippen molar-refractivity contribution in [1.82, 2.24) is 5.32 Å². The SMILES string of the molecule is CCC(C)(CN)CNCC1(C(C)C)CC1. The van der Waals surface area contributed by atoms with Crippen LogP contribution in [-0.2, 0) is 0 Å². The minimum absolute atomic E-state index is 0.285. The van der Waals surface area contributed by atoms with Crippen LogP contribution in [0.4, 0.5) is 0 Å². The van der Waals surface area contributed by atoms with Crippen molar-refractivity contribution in [2.45, 2.75) is 47.0 Å². The molecule has 0 radical (unpaired) electrons. The third-order valence-corrected chi connectivity index (χ3v) is 4.49. The van der Waals surface area contributed by atoms with Gasteiger partial charge < -0.3 is 11.1 Å². The van der Waals surface area contributed by atoms with Crippen molar-refractivity contribution in [2.75, 3.05) is 19.6 Å². The van der Waals surface area contributed by atoms with Crippen molar-refractivity contribution in [2.24, 2.45) is 22.5 Å². The number of rotatable bonds is 7. The van der Waals surface area contributed by atoms with Gasteiger partial charge in [0, 0.05) is 13.1 Å². The molecular formula is C13H28N2. The molecule has 3 N–H and O–H groups in total. The van der Waals surface area contributed by atoms with Gasteiger partial charge in [-0.05, 0) is 42.6 Å². The lowest BCUT2D eigenvalue weighted by Crippen LogP contribution is -2.40. The molecule has 0 aliphatic heterocycles. The summed E-state index contributed by atoms with van der Waals surface area (Å²) in [6, 6.07) is 0. The fourth-order valence-corrected chi connectivity index (χ4v) is 2.07. The Bertz CT molecular complexity index is 189. The third kappa shape index (κ3) is 3.18. The van der Waals surface area contributed by atoms with E-state index in [1.54, 1.807) is 0 Å². The first kappa shape index (κ1) is 13.0. The summed E-state index contributed by atoms with van der Waals surface area (Å²) in [5, 5.41) is 3.63. The Morgan fingerprint density at radius 1 is 1.40 bits per heavy atom. The lowest BCUT2D eigenvalue weighted by atomic mass is 9.87. The van der Waals surface area contributed by atoms with E-state index in [1.165, 1.54) is 19.4 Å². The highest BCUT2D eigenvalue weighted by molar-refractivity contribution is 4.97. The molecule has 1 atom stereocenters. The maximum Gasteiger partial charge on any atom is 0.00174 e. The summed E-state index contributed by atoms with van der Waals surface area (Å²) >= 11 is 0. The Labute approximate surface area is 95.0 Å². The van der Waals surface area contributed by atoms with Crippen LogP contribution >= 0.6 is 0 Å². The van der Waals surface area contributed by atoms with Crippen molar-refractivity contribution in [3.63, 3.8) is 0 Å². The molecule has 1 fully saturated rings. The molecule has 1 saturated carbocycles. The average Bonchev–Trinajstić information content (AvgIpc) is 2.99. The molecule has 0 saturated heterocycles. The van der Waals surface area contributed by atoms with Crippen LogP contribution < -0.4 is 11.1 Å². The number of hydrogen-bond acceptors (Lipinski definition) is 2. The topological polar surface area (TPSA) is 38.0 Å². The van der Waals surface area contributed by atoms with Crippen molar-refractivity contribution >= 4 is 0 Å². The van der Waals surface area contributed by atoms with Gasteiger partial charge in [-0.3, -0.25) is 0 Å². The van der Waals surface area contributed by atoms with E-state index in [4.69, 9.17) is 5.73 Å². The van der Waals surface area contributed by atoms with Gasteiger partial charge in [-0.1, -0.05) is 27.7 Å². The van der Waals surface area contributed by atoms with Gasteiger partial charge in [0.25, 0.3) is 0 Å². The molecule has 1 unspecified atom stereocenters. The van der Waals surface area contributed by atoms with Crippen LogP contribution in [0.15, 0.2) is 0 Å². The van der Waals surface area contributed by atoms with E-state index < -0.39 is 0 Å². The molecule has 0 amide bonds. The third-order valence-electron chi connectivity index (χ3n) is 4.49. The zero-order valence-electron chi connectivity index (χ0n) is 10.9. The zero-order valence-corrected chi connectivity index (χ0v) is 10.9. The Kier molecular flexibility index (Phi) is 4.19. The Balaban J connectivity index is 2.27. The fourth-order valence-electron chi connectivity index (χ4n) is 2.07. The fraction of sp³-hybridized carbons (Fsp3) is 1.00. The monoisotopic (exact) mass is 212 g/mol. The minimum atomic E-state index is 0.285. The quantitative estimate of drug-likeness (QED) is 0.680. The summed E-state index contributed by atoms with van der Waals surface area (Å²) in [5.41, 5.74) is 6.70. The van der Waals surface area contributed by atoms with E-state index in [2.05, 4.69) is 33.0 Å². The van der Waals surface area contributed by atoms with Gasteiger partial charge in [0.1, 0.15) is 0 Å². The van der Waals surface area contributed by atoms with Crippen LogP contribution in [0.5, 0.6) is 0 Å². The number of nitrogens with one attached hydrogen (secondary N) is 1. The molecule has 0 heterocycles. The van der Waals surface area contributed by atoms with Crippen LogP contribution in [0.3, 0.4) is 0 Å².